The molecule has 0 radical (unpaired) electrons. The van der Waals surface area contributed by atoms with Crippen LogP contribution in [0.4, 0.5) is 0 Å². The number of hydrogen-bond acceptors (Lipinski definition) is 5. The van der Waals surface area contributed by atoms with E-state index >= 15 is 0 Å². The van der Waals surface area contributed by atoms with E-state index < -0.39 is 28.0 Å². The molecule has 134 valence electrons. The fraction of sp³-hybridized carbons (Fsp3) is 0.529. The van der Waals surface area contributed by atoms with Crippen molar-refractivity contribution in [1.82, 2.24) is 0 Å². The molecule has 0 amide bonds. The van der Waals surface area contributed by atoms with Gasteiger partial charge in [-0.1, -0.05) is 18.2 Å². The van der Waals surface area contributed by atoms with Gasteiger partial charge in [0, 0.05) is 24.3 Å². The Hall–Kier alpha value is -1.61. The maximum Gasteiger partial charge on any atom is 0.398 e. The first-order valence-corrected chi connectivity index (χ1v) is 9.86. The largest absolute Gasteiger partial charge is 0.504 e. The van der Waals surface area contributed by atoms with Crippen molar-refractivity contribution in [2.24, 2.45) is 5.92 Å². The highest BCUT2D eigenvalue weighted by Gasteiger charge is 2.66. The van der Waals surface area contributed by atoms with Crippen LogP contribution in [0.25, 0.3) is 0 Å². The summed E-state index contributed by atoms with van der Waals surface area (Å²) in [4.78, 5) is 1.44. The number of phenolic OH excluding ortho intramolecular Hbond substituents is 1. The molecule has 2 heterocycles. The highest BCUT2D eigenvalue weighted by molar-refractivity contribution is 7.80. The second kappa shape index (κ2) is 4.76. The second-order valence-electron chi connectivity index (χ2n) is 7.58. The molecule has 0 saturated carbocycles. The third-order valence-electron chi connectivity index (χ3n) is 6.51. The van der Waals surface area contributed by atoms with Gasteiger partial charge in [-0.15, -0.1) is 0 Å². The number of hydrogen-bond donors (Lipinski definition) is 3. The Bertz CT molecular complexity index is 897. The van der Waals surface area contributed by atoms with Crippen molar-refractivity contribution in [2.45, 2.75) is 36.5 Å². The Morgan fingerprint density at radius 1 is 1.36 bits per heavy atom. The molecule has 7 nitrogen and oxygen atoms in total. The smallest absolute Gasteiger partial charge is 0.398 e. The average molecular weight is 366 g/mol. The van der Waals surface area contributed by atoms with Crippen LogP contribution in [0, 0.1) is 5.92 Å². The number of ether oxygens (including phenoxy) is 1. The molecular weight excluding hydrogens is 346 g/mol. The van der Waals surface area contributed by atoms with Crippen LogP contribution >= 0.6 is 0 Å². The predicted molar refractivity (Wildman–Crippen MR) is 87.1 cm³/mol. The van der Waals surface area contributed by atoms with Gasteiger partial charge in [-0.25, -0.2) is 4.18 Å². The van der Waals surface area contributed by atoms with Crippen LogP contribution in [0.3, 0.4) is 0 Å². The van der Waals surface area contributed by atoms with Gasteiger partial charge in [-0.2, -0.15) is 8.42 Å². The summed E-state index contributed by atoms with van der Waals surface area (Å²) in [5, 5.41) is 10.3. The summed E-state index contributed by atoms with van der Waals surface area (Å²) in [5.74, 6) is 0.692. The third-order valence-corrected chi connectivity index (χ3v) is 6.98. The van der Waals surface area contributed by atoms with Gasteiger partial charge in [0.2, 0.25) is 0 Å². The summed E-state index contributed by atoms with van der Waals surface area (Å²) < 4.78 is 42.8. The molecule has 0 aromatic heterocycles. The van der Waals surface area contributed by atoms with E-state index in [4.69, 9.17) is 13.5 Å². The topological polar surface area (TPSA) is 97.5 Å². The molecule has 25 heavy (non-hydrogen) atoms. The van der Waals surface area contributed by atoms with Crippen LogP contribution in [-0.4, -0.2) is 49.9 Å². The van der Waals surface area contributed by atoms with Crippen molar-refractivity contribution in [2.75, 3.05) is 13.6 Å². The number of likely N-dealkylation sites (tertiary alicyclic amines) is 1. The number of rotatable bonds is 2. The van der Waals surface area contributed by atoms with Gasteiger partial charge in [0.05, 0.1) is 25.0 Å². The predicted octanol–water partition coefficient (Wildman–Crippen LogP) is -0.392. The molecule has 6 atom stereocenters. The van der Waals surface area contributed by atoms with Crippen molar-refractivity contribution in [3.63, 3.8) is 0 Å². The molecule has 6 unspecified atom stereocenters. The van der Waals surface area contributed by atoms with Crippen molar-refractivity contribution >= 4 is 10.4 Å². The Kier molecular flexibility index (Phi) is 2.98. The SMILES string of the molecule is C[NH+]1CCC23c4c5ccc(O)c4OC2C(OS(=O)(=O)O)C=CC3C1C5. The van der Waals surface area contributed by atoms with E-state index in [-0.39, 0.29) is 11.7 Å². The Balaban J connectivity index is 1.74. The molecule has 2 aliphatic heterocycles. The average Bonchev–Trinajstić information content (AvgIpc) is 2.88. The standard InChI is InChI=1S/C17H19NO6S/c1-18-7-6-17-10-3-5-13(24-25(20,21)22)16(17)23-15-12(19)4-2-9(14(15)17)8-11(10)18/h2-5,10-11,13,16,19H,6-8H2,1H3,(H,20,21,22)/p+1. The number of benzene rings is 1. The molecule has 1 spiro atoms. The van der Waals surface area contributed by atoms with Gasteiger partial charge in [0.25, 0.3) is 0 Å². The minimum atomic E-state index is -4.61. The molecule has 2 aliphatic carbocycles. The molecule has 3 N–H and O–H groups in total. The lowest BCUT2D eigenvalue weighted by Gasteiger charge is -2.54. The molecule has 1 aromatic carbocycles. The molecule has 1 saturated heterocycles. The summed E-state index contributed by atoms with van der Waals surface area (Å²) in [7, 11) is -2.43. The van der Waals surface area contributed by atoms with E-state index in [0.29, 0.717) is 11.8 Å². The molecule has 4 aliphatic rings. The monoisotopic (exact) mass is 366 g/mol. The number of quaternary nitrogens is 1. The number of nitrogens with one attached hydrogen (secondary N) is 1. The first-order valence-electron chi connectivity index (χ1n) is 8.49. The number of likely N-dealkylation sites (N-methyl/N-ethyl adjacent to an activating group) is 1. The van der Waals surface area contributed by atoms with Gasteiger partial charge in [-0.05, 0) is 11.6 Å². The quantitative estimate of drug-likeness (QED) is 0.487. The number of piperidine rings is 1. The van der Waals surface area contributed by atoms with Gasteiger partial charge in [0.1, 0.15) is 12.2 Å². The van der Waals surface area contributed by atoms with E-state index in [9.17, 15) is 13.5 Å². The summed E-state index contributed by atoms with van der Waals surface area (Å²) >= 11 is 0. The van der Waals surface area contributed by atoms with Crippen LogP contribution < -0.4 is 9.64 Å². The summed E-state index contributed by atoms with van der Waals surface area (Å²) in [6.45, 7) is 0.933. The summed E-state index contributed by atoms with van der Waals surface area (Å²) in [6, 6.07) is 3.95. The van der Waals surface area contributed by atoms with Gasteiger partial charge in [-0.3, -0.25) is 4.55 Å². The lowest BCUT2D eigenvalue weighted by atomic mass is 9.53. The fourth-order valence-electron chi connectivity index (χ4n) is 5.59. The van der Waals surface area contributed by atoms with Gasteiger partial charge >= 0.3 is 10.4 Å². The van der Waals surface area contributed by atoms with Crippen LogP contribution in [0.15, 0.2) is 24.3 Å². The van der Waals surface area contributed by atoms with E-state index in [2.05, 4.69) is 7.05 Å². The molecule has 1 aromatic rings. The first kappa shape index (κ1) is 15.6. The highest BCUT2D eigenvalue weighted by Crippen LogP contribution is 2.60. The van der Waals surface area contributed by atoms with Crippen molar-refractivity contribution in [3.05, 3.63) is 35.4 Å². The van der Waals surface area contributed by atoms with Crippen LogP contribution in [-0.2, 0) is 26.4 Å². The van der Waals surface area contributed by atoms with Crippen LogP contribution in [0.2, 0.25) is 0 Å². The number of phenols is 1. The third kappa shape index (κ3) is 1.93. The zero-order chi connectivity index (χ0) is 17.6. The molecule has 8 heteroatoms. The van der Waals surface area contributed by atoms with E-state index in [1.807, 2.05) is 12.1 Å². The minimum absolute atomic E-state index is 0.0663. The molecule has 2 bridgehead atoms. The summed E-state index contributed by atoms with van der Waals surface area (Å²) in [5.41, 5.74) is 1.73. The van der Waals surface area contributed by atoms with Crippen molar-refractivity contribution in [1.29, 1.82) is 0 Å². The maximum absolute atomic E-state index is 11.3. The first-order chi connectivity index (χ1) is 11.8. The lowest BCUT2D eigenvalue weighted by molar-refractivity contribution is -0.917. The minimum Gasteiger partial charge on any atom is -0.504 e. The van der Waals surface area contributed by atoms with Crippen molar-refractivity contribution < 1.29 is 31.9 Å². The summed E-state index contributed by atoms with van der Waals surface area (Å²) in [6.07, 6.45) is 3.91. The fourth-order valence-corrected chi connectivity index (χ4v) is 6.03. The zero-order valence-electron chi connectivity index (χ0n) is 13.7. The highest BCUT2D eigenvalue weighted by atomic mass is 32.3. The van der Waals surface area contributed by atoms with Gasteiger partial charge in [0.15, 0.2) is 11.5 Å². The maximum atomic E-state index is 11.3. The molecular formula is C17H20NO6S+. The lowest BCUT2D eigenvalue weighted by Crippen LogP contribution is -3.16. The Labute approximate surface area is 145 Å². The van der Waals surface area contributed by atoms with Crippen LogP contribution in [0.1, 0.15) is 17.5 Å². The van der Waals surface area contributed by atoms with E-state index in [0.717, 1.165) is 30.5 Å². The molecule has 1 fully saturated rings. The van der Waals surface area contributed by atoms with Gasteiger partial charge < -0.3 is 14.7 Å². The molecule has 5 rings (SSSR count). The van der Waals surface area contributed by atoms with Crippen LogP contribution in [0.5, 0.6) is 11.5 Å². The zero-order valence-corrected chi connectivity index (χ0v) is 14.5. The number of aromatic hydroxyl groups is 1. The second-order valence-corrected chi connectivity index (χ2v) is 8.63. The van der Waals surface area contributed by atoms with E-state index in [1.165, 1.54) is 4.90 Å². The Morgan fingerprint density at radius 2 is 2.16 bits per heavy atom. The van der Waals surface area contributed by atoms with Crippen molar-refractivity contribution in [3.8, 4) is 11.5 Å². The Morgan fingerprint density at radius 3 is 2.92 bits per heavy atom. The van der Waals surface area contributed by atoms with E-state index in [1.54, 1.807) is 12.1 Å². The normalized spacial score (nSPS) is 40.5.